The van der Waals surface area contributed by atoms with Crippen LogP contribution in [0.25, 0.3) is 6.08 Å². The molecule has 2 aromatic rings. The number of hydrogen-bond acceptors (Lipinski definition) is 4. The topological polar surface area (TPSA) is 74.6 Å². The highest BCUT2D eigenvalue weighted by Crippen LogP contribution is 2.18. The van der Waals surface area contributed by atoms with Crippen molar-refractivity contribution in [2.75, 3.05) is 0 Å². The van der Waals surface area contributed by atoms with Crippen LogP contribution < -0.4 is 0 Å². The summed E-state index contributed by atoms with van der Waals surface area (Å²) in [5, 5.41) is 19.1. The molecule has 2 N–H and O–H groups in total. The van der Waals surface area contributed by atoms with Crippen molar-refractivity contribution in [2.45, 2.75) is 0 Å². The predicted molar refractivity (Wildman–Crippen MR) is 82.9 cm³/mol. The maximum Gasteiger partial charge on any atom is 0.153 e. The van der Waals surface area contributed by atoms with Gasteiger partial charge in [0.25, 0.3) is 0 Å². The van der Waals surface area contributed by atoms with Crippen LogP contribution in [0.1, 0.15) is 31.8 Å². The van der Waals surface area contributed by atoms with Crippen molar-refractivity contribution in [3.8, 4) is 23.3 Å². The molecule has 2 rings (SSSR count). The maximum absolute atomic E-state index is 10.6. The summed E-state index contributed by atoms with van der Waals surface area (Å²) < 4.78 is 0. The van der Waals surface area contributed by atoms with E-state index in [4.69, 9.17) is 0 Å². The molecule has 0 aromatic heterocycles. The van der Waals surface area contributed by atoms with Gasteiger partial charge in [-0.1, -0.05) is 17.9 Å². The maximum atomic E-state index is 10.6. The quantitative estimate of drug-likeness (QED) is 0.674. The molecular weight excluding hydrogens is 280 g/mol. The first-order chi connectivity index (χ1) is 10.6. The molecule has 22 heavy (non-hydrogen) atoms. The van der Waals surface area contributed by atoms with Gasteiger partial charge < -0.3 is 10.2 Å². The number of aldehydes is 2. The molecule has 0 unspecified atom stereocenters. The zero-order valence-corrected chi connectivity index (χ0v) is 11.5. The first-order valence-corrected chi connectivity index (χ1v) is 6.38. The number of phenolic OH excluding ortho intramolecular Hbond substituents is 2. The highest BCUT2D eigenvalue weighted by atomic mass is 16.3. The molecule has 4 heteroatoms. The fourth-order valence-electron chi connectivity index (χ4n) is 1.75. The van der Waals surface area contributed by atoms with Gasteiger partial charge in [-0.3, -0.25) is 9.59 Å². The normalized spacial score (nSPS) is 10.0. The third kappa shape index (κ3) is 3.62. The van der Waals surface area contributed by atoms with E-state index in [-0.39, 0.29) is 22.6 Å². The van der Waals surface area contributed by atoms with Crippen LogP contribution in [0, 0.1) is 11.8 Å². The average Bonchev–Trinajstić information content (AvgIpc) is 2.52. The second-order valence-electron chi connectivity index (χ2n) is 4.43. The average molecular weight is 292 g/mol. The molecule has 4 nitrogen and oxygen atoms in total. The standard InChI is InChI=1S/C18H12O4/c19-11-15-7-5-13(9-17(15)21)3-1-2-4-14-6-8-16(12-20)18(22)10-14/h1,3,5-12,21-22H/b3-1+. The van der Waals surface area contributed by atoms with Gasteiger partial charge in [0.1, 0.15) is 11.5 Å². The molecule has 108 valence electrons. The van der Waals surface area contributed by atoms with E-state index in [1.807, 2.05) is 0 Å². The molecule has 0 spiro atoms. The second-order valence-corrected chi connectivity index (χ2v) is 4.43. The van der Waals surface area contributed by atoms with Crippen LogP contribution in [0.3, 0.4) is 0 Å². The highest BCUT2D eigenvalue weighted by molar-refractivity contribution is 5.80. The molecule has 0 fully saturated rings. The third-order valence-corrected chi connectivity index (χ3v) is 2.91. The molecule has 0 aliphatic rings. The third-order valence-electron chi connectivity index (χ3n) is 2.91. The lowest BCUT2D eigenvalue weighted by Gasteiger charge is -1.97. The van der Waals surface area contributed by atoms with Gasteiger partial charge in [-0.25, -0.2) is 0 Å². The minimum atomic E-state index is -0.111. The number of rotatable bonds is 3. The Balaban J connectivity index is 2.13. The lowest BCUT2D eigenvalue weighted by molar-refractivity contribution is 0.111. The summed E-state index contributed by atoms with van der Waals surface area (Å²) in [5.41, 5.74) is 1.73. The van der Waals surface area contributed by atoms with E-state index in [9.17, 15) is 19.8 Å². The number of aromatic hydroxyl groups is 2. The number of carbonyl (C=O) groups excluding carboxylic acids is 2. The van der Waals surface area contributed by atoms with E-state index < -0.39 is 0 Å². The summed E-state index contributed by atoms with van der Waals surface area (Å²) in [7, 11) is 0. The van der Waals surface area contributed by atoms with Crippen LogP contribution in [0.4, 0.5) is 0 Å². The van der Waals surface area contributed by atoms with Crippen molar-refractivity contribution in [3.05, 3.63) is 64.7 Å². The summed E-state index contributed by atoms with van der Waals surface area (Å²) in [5.74, 6) is 5.40. The van der Waals surface area contributed by atoms with Crippen LogP contribution in [-0.4, -0.2) is 22.8 Å². The zero-order chi connectivity index (χ0) is 15.9. The Morgan fingerprint density at radius 3 is 2.09 bits per heavy atom. The van der Waals surface area contributed by atoms with Crippen LogP contribution in [0.5, 0.6) is 11.5 Å². The van der Waals surface area contributed by atoms with E-state index in [0.717, 1.165) is 0 Å². The monoisotopic (exact) mass is 292 g/mol. The Morgan fingerprint density at radius 1 is 0.864 bits per heavy atom. The van der Waals surface area contributed by atoms with Crippen LogP contribution >= 0.6 is 0 Å². The minimum Gasteiger partial charge on any atom is -0.507 e. The highest BCUT2D eigenvalue weighted by Gasteiger charge is 1.99. The SMILES string of the molecule is O=Cc1ccc(C#C/C=C/c2ccc(C=O)c(O)c2)cc1O. The molecule has 0 bridgehead atoms. The summed E-state index contributed by atoms with van der Waals surface area (Å²) in [6, 6.07) is 9.21. The summed E-state index contributed by atoms with van der Waals surface area (Å²) in [4.78, 5) is 21.2. The molecule has 0 aliphatic carbocycles. The van der Waals surface area contributed by atoms with E-state index in [2.05, 4.69) is 11.8 Å². The molecular formula is C18H12O4. The van der Waals surface area contributed by atoms with Gasteiger partial charge in [-0.2, -0.15) is 0 Å². The summed E-state index contributed by atoms with van der Waals surface area (Å²) >= 11 is 0. The van der Waals surface area contributed by atoms with Crippen molar-refractivity contribution in [1.29, 1.82) is 0 Å². The molecule has 0 saturated heterocycles. The number of benzene rings is 2. The van der Waals surface area contributed by atoms with Crippen LogP contribution in [-0.2, 0) is 0 Å². The van der Waals surface area contributed by atoms with Crippen LogP contribution in [0.15, 0.2) is 42.5 Å². The Kier molecular flexibility index (Phi) is 4.74. The summed E-state index contributed by atoms with van der Waals surface area (Å²) in [6.07, 6.45) is 4.42. The van der Waals surface area contributed by atoms with Crippen LogP contribution in [0.2, 0.25) is 0 Å². The van der Waals surface area contributed by atoms with Crippen molar-refractivity contribution in [1.82, 2.24) is 0 Å². The van der Waals surface area contributed by atoms with Gasteiger partial charge in [0, 0.05) is 5.56 Å². The number of phenols is 2. The Labute approximate surface area is 127 Å². The van der Waals surface area contributed by atoms with E-state index >= 15 is 0 Å². The van der Waals surface area contributed by atoms with Crippen molar-refractivity contribution >= 4 is 18.6 Å². The minimum absolute atomic E-state index is 0.0838. The zero-order valence-electron chi connectivity index (χ0n) is 11.5. The van der Waals surface area contributed by atoms with Gasteiger partial charge in [0.2, 0.25) is 0 Å². The van der Waals surface area contributed by atoms with E-state index in [1.54, 1.807) is 24.3 Å². The largest absolute Gasteiger partial charge is 0.507 e. The molecule has 2 aromatic carbocycles. The summed E-state index contributed by atoms with van der Waals surface area (Å²) in [6.45, 7) is 0. The fourth-order valence-corrected chi connectivity index (χ4v) is 1.75. The number of allylic oxidation sites excluding steroid dienone is 1. The molecule has 0 saturated carbocycles. The number of hydrogen-bond donors (Lipinski definition) is 2. The van der Waals surface area contributed by atoms with Gasteiger partial charge in [-0.05, 0) is 48.0 Å². The van der Waals surface area contributed by atoms with Gasteiger partial charge >= 0.3 is 0 Å². The second kappa shape index (κ2) is 6.91. The smallest absolute Gasteiger partial charge is 0.153 e. The van der Waals surface area contributed by atoms with Gasteiger partial charge in [0.05, 0.1) is 11.1 Å². The van der Waals surface area contributed by atoms with E-state index in [1.165, 1.54) is 24.3 Å². The molecule has 0 atom stereocenters. The van der Waals surface area contributed by atoms with Gasteiger partial charge in [0.15, 0.2) is 12.6 Å². The lowest BCUT2D eigenvalue weighted by Crippen LogP contribution is -1.82. The first-order valence-electron chi connectivity index (χ1n) is 6.38. The van der Waals surface area contributed by atoms with Gasteiger partial charge in [-0.15, -0.1) is 0 Å². The Hall–Kier alpha value is -3.32. The predicted octanol–water partition coefficient (Wildman–Crippen LogP) is 2.79. The van der Waals surface area contributed by atoms with Crippen molar-refractivity contribution in [2.24, 2.45) is 0 Å². The van der Waals surface area contributed by atoms with Crippen molar-refractivity contribution in [3.63, 3.8) is 0 Å². The first kappa shape index (κ1) is 15.1. The Morgan fingerprint density at radius 2 is 1.50 bits per heavy atom. The lowest BCUT2D eigenvalue weighted by atomic mass is 10.1. The number of carbonyl (C=O) groups is 2. The molecule has 0 heterocycles. The van der Waals surface area contributed by atoms with E-state index in [0.29, 0.717) is 23.7 Å². The van der Waals surface area contributed by atoms with Crippen molar-refractivity contribution < 1.29 is 19.8 Å². The molecule has 0 radical (unpaired) electrons. The Bertz CT molecular complexity index is 808. The fraction of sp³-hybridized carbons (Fsp3) is 0. The molecule has 0 amide bonds. The molecule has 0 aliphatic heterocycles.